The Bertz CT molecular complexity index is 288. The fourth-order valence-corrected chi connectivity index (χ4v) is 4.83. The number of hydrogen-bond donors (Lipinski definition) is 1. The minimum Gasteiger partial charge on any atom is -0.310 e. The van der Waals surface area contributed by atoms with Gasteiger partial charge in [0, 0.05) is 36.5 Å². The van der Waals surface area contributed by atoms with Crippen molar-refractivity contribution >= 4 is 11.8 Å². The van der Waals surface area contributed by atoms with E-state index in [1.165, 1.54) is 43.9 Å². The zero-order chi connectivity index (χ0) is 14.1. The molecule has 2 aliphatic rings. The number of nitrogens with zero attached hydrogens (tertiary/aromatic N) is 1. The summed E-state index contributed by atoms with van der Waals surface area (Å²) in [5.74, 6) is 2.64. The number of rotatable bonds is 2. The van der Waals surface area contributed by atoms with Crippen LogP contribution >= 0.6 is 11.8 Å². The van der Waals surface area contributed by atoms with Crippen molar-refractivity contribution in [3.8, 4) is 0 Å². The van der Waals surface area contributed by atoms with E-state index >= 15 is 0 Å². The quantitative estimate of drug-likeness (QED) is 0.837. The average Bonchev–Trinajstić information content (AvgIpc) is 2.31. The molecular weight excluding hydrogens is 252 g/mol. The lowest BCUT2D eigenvalue weighted by Crippen LogP contribution is -2.55. The standard InChI is InChI=1S/C16H32N2S/c1-15(2,3)18-9-6-13(7-10-18)17-14-12-19-11-8-16(14,4)5/h13-14,17H,6-12H2,1-5H3. The summed E-state index contributed by atoms with van der Waals surface area (Å²) in [6, 6.07) is 1.44. The molecule has 1 atom stereocenters. The largest absolute Gasteiger partial charge is 0.310 e. The number of nitrogens with one attached hydrogen (secondary N) is 1. The van der Waals surface area contributed by atoms with Gasteiger partial charge in [-0.25, -0.2) is 0 Å². The molecular formula is C16H32N2S. The molecule has 0 aromatic heterocycles. The lowest BCUT2D eigenvalue weighted by molar-refractivity contribution is 0.0879. The van der Waals surface area contributed by atoms with Gasteiger partial charge in [-0.1, -0.05) is 13.8 Å². The molecule has 2 saturated heterocycles. The molecule has 2 fully saturated rings. The first kappa shape index (κ1) is 15.7. The maximum absolute atomic E-state index is 3.97. The molecule has 0 aromatic rings. The second kappa shape index (κ2) is 5.95. The first-order chi connectivity index (χ1) is 8.79. The molecule has 2 aliphatic heterocycles. The third-order valence-electron chi connectivity index (χ3n) is 5.00. The molecule has 19 heavy (non-hydrogen) atoms. The Morgan fingerprint density at radius 1 is 1.16 bits per heavy atom. The van der Waals surface area contributed by atoms with Gasteiger partial charge in [0.15, 0.2) is 0 Å². The van der Waals surface area contributed by atoms with Crippen molar-refractivity contribution in [2.45, 2.75) is 71.5 Å². The van der Waals surface area contributed by atoms with Crippen molar-refractivity contribution in [3.05, 3.63) is 0 Å². The van der Waals surface area contributed by atoms with E-state index in [2.05, 4.69) is 56.6 Å². The van der Waals surface area contributed by atoms with E-state index in [1.807, 2.05) is 0 Å². The summed E-state index contributed by atoms with van der Waals surface area (Å²) in [6.45, 7) is 14.4. The Hall–Kier alpha value is 0.270. The van der Waals surface area contributed by atoms with E-state index < -0.39 is 0 Å². The van der Waals surface area contributed by atoms with Crippen LogP contribution in [0.15, 0.2) is 0 Å². The molecule has 0 bridgehead atoms. The van der Waals surface area contributed by atoms with Crippen LogP contribution in [0.25, 0.3) is 0 Å². The molecule has 2 heterocycles. The van der Waals surface area contributed by atoms with Gasteiger partial charge in [0.05, 0.1) is 0 Å². The summed E-state index contributed by atoms with van der Waals surface area (Å²) in [7, 11) is 0. The molecule has 1 unspecified atom stereocenters. The zero-order valence-electron chi connectivity index (χ0n) is 13.5. The Kier molecular flexibility index (Phi) is 4.90. The lowest BCUT2D eigenvalue weighted by Gasteiger charge is -2.45. The van der Waals surface area contributed by atoms with Crippen LogP contribution < -0.4 is 5.32 Å². The van der Waals surface area contributed by atoms with Crippen LogP contribution in [0.5, 0.6) is 0 Å². The molecule has 0 spiro atoms. The molecule has 0 amide bonds. The van der Waals surface area contributed by atoms with Crippen molar-refractivity contribution in [2.75, 3.05) is 24.6 Å². The zero-order valence-corrected chi connectivity index (χ0v) is 14.3. The van der Waals surface area contributed by atoms with E-state index in [9.17, 15) is 0 Å². The first-order valence-corrected chi connectivity index (χ1v) is 9.03. The summed E-state index contributed by atoms with van der Waals surface area (Å²) >= 11 is 2.13. The summed E-state index contributed by atoms with van der Waals surface area (Å²) in [4.78, 5) is 2.63. The smallest absolute Gasteiger partial charge is 0.0212 e. The summed E-state index contributed by atoms with van der Waals surface area (Å²) in [6.07, 6.45) is 3.99. The minimum absolute atomic E-state index is 0.338. The summed E-state index contributed by atoms with van der Waals surface area (Å²) in [5, 5.41) is 3.97. The Morgan fingerprint density at radius 3 is 2.32 bits per heavy atom. The van der Waals surface area contributed by atoms with E-state index in [0.717, 1.165) is 6.04 Å². The van der Waals surface area contributed by atoms with Gasteiger partial charge < -0.3 is 5.32 Å². The Labute approximate surface area is 124 Å². The molecule has 1 N–H and O–H groups in total. The van der Waals surface area contributed by atoms with Crippen molar-refractivity contribution in [1.29, 1.82) is 0 Å². The van der Waals surface area contributed by atoms with Crippen LogP contribution in [0.1, 0.15) is 53.9 Å². The van der Waals surface area contributed by atoms with E-state index in [-0.39, 0.29) is 0 Å². The van der Waals surface area contributed by atoms with Gasteiger partial charge in [-0.05, 0) is 51.2 Å². The summed E-state index contributed by atoms with van der Waals surface area (Å²) < 4.78 is 0. The van der Waals surface area contributed by atoms with Crippen molar-refractivity contribution in [1.82, 2.24) is 10.2 Å². The topological polar surface area (TPSA) is 15.3 Å². The van der Waals surface area contributed by atoms with Crippen LogP contribution in [0.3, 0.4) is 0 Å². The highest BCUT2D eigenvalue weighted by Gasteiger charge is 2.35. The van der Waals surface area contributed by atoms with Crippen molar-refractivity contribution in [3.63, 3.8) is 0 Å². The highest BCUT2D eigenvalue weighted by Crippen LogP contribution is 2.35. The van der Waals surface area contributed by atoms with Gasteiger partial charge >= 0.3 is 0 Å². The third kappa shape index (κ3) is 4.12. The third-order valence-corrected chi connectivity index (χ3v) is 6.06. The minimum atomic E-state index is 0.338. The highest BCUT2D eigenvalue weighted by molar-refractivity contribution is 7.99. The maximum Gasteiger partial charge on any atom is 0.0212 e. The van der Waals surface area contributed by atoms with Crippen molar-refractivity contribution in [2.24, 2.45) is 5.41 Å². The van der Waals surface area contributed by atoms with Gasteiger partial charge in [0.1, 0.15) is 0 Å². The first-order valence-electron chi connectivity index (χ1n) is 7.88. The second-order valence-corrected chi connectivity index (χ2v) is 9.11. The van der Waals surface area contributed by atoms with Crippen molar-refractivity contribution < 1.29 is 0 Å². The van der Waals surface area contributed by atoms with Gasteiger partial charge in [0.2, 0.25) is 0 Å². The molecule has 0 aliphatic carbocycles. The predicted octanol–water partition coefficient (Wildman–Crippen LogP) is 3.37. The molecule has 2 nitrogen and oxygen atoms in total. The Balaban J connectivity index is 1.82. The van der Waals surface area contributed by atoms with Gasteiger partial charge in [0.25, 0.3) is 0 Å². The summed E-state index contributed by atoms with van der Waals surface area (Å²) in [5.41, 5.74) is 0.817. The average molecular weight is 285 g/mol. The normalized spacial score (nSPS) is 30.5. The molecule has 2 rings (SSSR count). The van der Waals surface area contributed by atoms with Gasteiger partial charge in [-0.2, -0.15) is 11.8 Å². The highest BCUT2D eigenvalue weighted by atomic mass is 32.2. The lowest BCUT2D eigenvalue weighted by atomic mass is 9.81. The number of thioether (sulfide) groups is 1. The van der Waals surface area contributed by atoms with Crippen LogP contribution in [0.4, 0.5) is 0 Å². The van der Waals surface area contributed by atoms with Gasteiger partial charge in [-0.15, -0.1) is 0 Å². The van der Waals surface area contributed by atoms with E-state index in [4.69, 9.17) is 0 Å². The van der Waals surface area contributed by atoms with Crippen LogP contribution in [0, 0.1) is 5.41 Å². The fraction of sp³-hybridized carbons (Fsp3) is 1.00. The fourth-order valence-electron chi connectivity index (χ4n) is 3.21. The predicted molar refractivity (Wildman–Crippen MR) is 87.0 cm³/mol. The molecule has 0 radical (unpaired) electrons. The Morgan fingerprint density at radius 2 is 1.79 bits per heavy atom. The number of hydrogen-bond acceptors (Lipinski definition) is 3. The van der Waals surface area contributed by atoms with Gasteiger partial charge in [-0.3, -0.25) is 4.90 Å². The second-order valence-electron chi connectivity index (χ2n) is 7.96. The van der Waals surface area contributed by atoms with Crippen LogP contribution in [-0.2, 0) is 0 Å². The molecule has 112 valence electrons. The van der Waals surface area contributed by atoms with E-state index in [0.29, 0.717) is 17.0 Å². The SMILES string of the molecule is CC1(C)CCSCC1NC1CCN(C(C)(C)C)CC1. The molecule has 3 heteroatoms. The molecule has 0 saturated carbocycles. The van der Waals surface area contributed by atoms with Crippen LogP contribution in [-0.4, -0.2) is 47.1 Å². The monoisotopic (exact) mass is 284 g/mol. The van der Waals surface area contributed by atoms with E-state index in [1.54, 1.807) is 0 Å². The number of piperidine rings is 1. The number of likely N-dealkylation sites (tertiary alicyclic amines) is 1. The van der Waals surface area contributed by atoms with Crippen LogP contribution in [0.2, 0.25) is 0 Å². The molecule has 0 aromatic carbocycles. The maximum atomic E-state index is 3.97.